The number of hydrogen-bond acceptors (Lipinski definition) is 6. The first-order chi connectivity index (χ1) is 14.5. The second-order valence-electron chi connectivity index (χ2n) is 8.58. The van der Waals surface area contributed by atoms with Gasteiger partial charge in [-0.1, -0.05) is 39.5 Å². The number of H-pyrrole nitrogens is 1. The highest BCUT2D eigenvalue weighted by atomic mass is 16.6. The second-order valence-corrected chi connectivity index (χ2v) is 8.58. The van der Waals surface area contributed by atoms with Gasteiger partial charge in [0.25, 0.3) is 5.56 Å². The van der Waals surface area contributed by atoms with Gasteiger partial charge < -0.3 is 25.3 Å². The molecule has 1 saturated heterocycles. The zero-order valence-electron chi connectivity index (χ0n) is 18.2. The molecule has 1 aromatic heterocycles. The van der Waals surface area contributed by atoms with Gasteiger partial charge in [0.05, 0.1) is 18.1 Å². The highest BCUT2D eigenvalue weighted by molar-refractivity contribution is 5.83. The van der Waals surface area contributed by atoms with Crippen molar-refractivity contribution in [2.45, 2.75) is 77.2 Å². The van der Waals surface area contributed by atoms with Crippen LogP contribution in [0.4, 0.5) is 10.6 Å². The van der Waals surface area contributed by atoms with E-state index in [1.165, 1.54) is 19.3 Å². The van der Waals surface area contributed by atoms with Crippen molar-refractivity contribution in [3.8, 4) is 0 Å². The van der Waals surface area contributed by atoms with Gasteiger partial charge in [-0.15, -0.1) is 0 Å². The predicted molar refractivity (Wildman–Crippen MR) is 118 cm³/mol. The van der Waals surface area contributed by atoms with Crippen molar-refractivity contribution in [2.75, 3.05) is 25.0 Å². The summed E-state index contributed by atoms with van der Waals surface area (Å²) in [6.45, 7) is 5.69. The van der Waals surface area contributed by atoms with E-state index in [0.717, 1.165) is 38.3 Å². The number of nitrogens with zero attached hydrogens (tertiary/aromatic N) is 2. The van der Waals surface area contributed by atoms with Gasteiger partial charge in [0.1, 0.15) is 11.6 Å². The summed E-state index contributed by atoms with van der Waals surface area (Å²) in [5.74, 6) is 1.50. The van der Waals surface area contributed by atoms with Gasteiger partial charge >= 0.3 is 6.09 Å². The van der Waals surface area contributed by atoms with Crippen LogP contribution in [0.3, 0.4) is 0 Å². The van der Waals surface area contributed by atoms with Gasteiger partial charge in [0, 0.05) is 25.3 Å². The Morgan fingerprint density at radius 2 is 2.07 bits per heavy atom. The van der Waals surface area contributed by atoms with Gasteiger partial charge in [-0.3, -0.25) is 4.79 Å². The van der Waals surface area contributed by atoms with Crippen molar-refractivity contribution in [1.29, 1.82) is 5.41 Å². The average molecular weight is 418 g/mol. The summed E-state index contributed by atoms with van der Waals surface area (Å²) in [6.07, 6.45) is 9.73. The number of nitrogens with one attached hydrogen (secondary N) is 3. The highest BCUT2D eigenvalue weighted by Gasteiger charge is 2.35. The first-order valence-electron chi connectivity index (χ1n) is 11.4. The Morgan fingerprint density at radius 1 is 1.33 bits per heavy atom. The first kappa shape index (κ1) is 22.3. The van der Waals surface area contributed by atoms with E-state index >= 15 is 0 Å². The fraction of sp³-hybridized carbons (Fsp3) is 0.727. The summed E-state index contributed by atoms with van der Waals surface area (Å²) in [4.78, 5) is 33.8. The normalized spacial score (nSPS) is 18.5. The molecule has 0 bridgehead atoms. The Labute approximate surface area is 178 Å². The molecule has 8 nitrogen and oxygen atoms in total. The quantitative estimate of drug-likeness (QED) is 0.528. The van der Waals surface area contributed by atoms with E-state index in [-0.39, 0.29) is 29.2 Å². The fourth-order valence-corrected chi connectivity index (χ4v) is 4.29. The van der Waals surface area contributed by atoms with Gasteiger partial charge in [-0.2, -0.15) is 0 Å². The molecule has 30 heavy (non-hydrogen) atoms. The lowest BCUT2D eigenvalue weighted by atomic mass is 9.90. The molecule has 1 aliphatic heterocycles. The molecule has 1 aromatic rings. The smallest absolute Gasteiger partial charge is 0.409 e. The third-order valence-electron chi connectivity index (χ3n) is 6.28. The zero-order chi connectivity index (χ0) is 21.5. The number of hydrogen-bond donors (Lipinski definition) is 3. The SMILES string of the molecule is CCCC(CC)Nc1nc(C2CN(C(=O)OCC3CCCCC3)C2)[nH]c(=O)c1C=N. The van der Waals surface area contributed by atoms with Crippen LogP contribution in [0.15, 0.2) is 4.79 Å². The van der Waals surface area contributed by atoms with E-state index in [1.54, 1.807) is 4.90 Å². The van der Waals surface area contributed by atoms with Crippen LogP contribution < -0.4 is 10.9 Å². The van der Waals surface area contributed by atoms with Gasteiger partial charge in [0.2, 0.25) is 0 Å². The summed E-state index contributed by atoms with van der Waals surface area (Å²) in [6, 6.07) is 0.212. The molecular weight excluding hydrogens is 382 g/mol. The summed E-state index contributed by atoms with van der Waals surface area (Å²) in [5.41, 5.74) is -0.0708. The minimum Gasteiger partial charge on any atom is -0.449 e. The van der Waals surface area contributed by atoms with Crippen LogP contribution in [0.25, 0.3) is 0 Å². The number of ether oxygens (including phenoxy) is 1. The number of carbonyl (C=O) groups is 1. The van der Waals surface area contributed by atoms with E-state index < -0.39 is 0 Å². The fourth-order valence-electron chi connectivity index (χ4n) is 4.29. The monoisotopic (exact) mass is 417 g/mol. The molecule has 0 radical (unpaired) electrons. The Bertz CT molecular complexity index is 781. The molecule has 1 amide bonds. The molecule has 3 N–H and O–H groups in total. The van der Waals surface area contributed by atoms with Crippen LogP contribution in [-0.2, 0) is 4.74 Å². The molecule has 2 aliphatic rings. The number of aromatic nitrogens is 2. The molecule has 2 heterocycles. The van der Waals surface area contributed by atoms with Crippen molar-refractivity contribution < 1.29 is 9.53 Å². The number of anilines is 1. The molecular formula is C22H35N5O3. The van der Waals surface area contributed by atoms with E-state index in [4.69, 9.17) is 10.1 Å². The van der Waals surface area contributed by atoms with E-state index in [2.05, 4.69) is 29.1 Å². The summed E-state index contributed by atoms with van der Waals surface area (Å²) in [7, 11) is 0. The molecule has 2 fully saturated rings. The highest BCUT2D eigenvalue weighted by Crippen LogP contribution is 2.27. The lowest BCUT2D eigenvalue weighted by Crippen LogP contribution is -2.50. The van der Waals surface area contributed by atoms with Crippen LogP contribution >= 0.6 is 0 Å². The summed E-state index contributed by atoms with van der Waals surface area (Å²) >= 11 is 0. The Hall–Kier alpha value is -2.38. The first-order valence-corrected chi connectivity index (χ1v) is 11.4. The Balaban J connectivity index is 1.59. The molecule has 1 aliphatic carbocycles. The van der Waals surface area contributed by atoms with E-state index in [0.29, 0.717) is 37.3 Å². The molecule has 1 atom stereocenters. The van der Waals surface area contributed by atoms with E-state index in [1.807, 2.05) is 0 Å². The third-order valence-corrected chi connectivity index (χ3v) is 6.28. The molecule has 0 aromatic carbocycles. The number of carbonyl (C=O) groups excluding carboxylic acids is 1. The van der Waals surface area contributed by atoms with Crippen molar-refractivity contribution in [3.05, 3.63) is 21.7 Å². The van der Waals surface area contributed by atoms with Crippen LogP contribution in [0.2, 0.25) is 0 Å². The van der Waals surface area contributed by atoms with Crippen LogP contribution in [0.1, 0.15) is 82.5 Å². The second kappa shape index (κ2) is 10.6. The van der Waals surface area contributed by atoms with Gasteiger partial charge in [0.15, 0.2) is 0 Å². The lowest BCUT2D eigenvalue weighted by Gasteiger charge is -2.38. The predicted octanol–water partition coefficient (Wildman–Crippen LogP) is 3.87. The van der Waals surface area contributed by atoms with Crippen molar-refractivity contribution in [2.24, 2.45) is 5.92 Å². The maximum Gasteiger partial charge on any atom is 0.409 e. The molecule has 0 spiro atoms. The van der Waals surface area contributed by atoms with Crippen molar-refractivity contribution in [1.82, 2.24) is 14.9 Å². The van der Waals surface area contributed by atoms with E-state index in [9.17, 15) is 9.59 Å². The largest absolute Gasteiger partial charge is 0.449 e. The minimum absolute atomic E-state index is 0.0217. The summed E-state index contributed by atoms with van der Waals surface area (Å²) < 4.78 is 5.50. The minimum atomic E-state index is -0.317. The molecule has 3 rings (SSSR count). The number of rotatable bonds is 9. The molecule has 166 valence electrons. The molecule has 1 saturated carbocycles. The Kier molecular flexibility index (Phi) is 7.87. The summed E-state index contributed by atoms with van der Waals surface area (Å²) in [5, 5.41) is 10.9. The van der Waals surface area contributed by atoms with Crippen molar-refractivity contribution >= 4 is 18.1 Å². The topological polar surface area (TPSA) is 111 Å². The molecule has 8 heteroatoms. The van der Waals surface area contributed by atoms with Gasteiger partial charge in [-0.25, -0.2) is 9.78 Å². The Morgan fingerprint density at radius 3 is 2.70 bits per heavy atom. The van der Waals surface area contributed by atoms with Crippen molar-refractivity contribution in [3.63, 3.8) is 0 Å². The average Bonchev–Trinajstić information content (AvgIpc) is 2.71. The van der Waals surface area contributed by atoms with Crippen LogP contribution in [0.5, 0.6) is 0 Å². The number of amides is 1. The lowest BCUT2D eigenvalue weighted by molar-refractivity contribution is 0.0543. The van der Waals surface area contributed by atoms with Gasteiger partial charge in [-0.05, 0) is 31.6 Å². The van der Waals surface area contributed by atoms with Crippen LogP contribution in [0, 0.1) is 11.3 Å². The number of aromatic amines is 1. The zero-order valence-corrected chi connectivity index (χ0v) is 18.2. The standard InChI is InChI=1S/C22H35N5O3/c1-3-8-17(4-2)24-20-18(11-23)21(28)26-19(25-20)16-12-27(13-16)22(29)30-14-15-9-6-5-7-10-15/h11,15-17,23H,3-10,12-14H2,1-2H3,(H2,24,25,26,28). The van der Waals surface area contributed by atoms with Crippen LogP contribution in [-0.4, -0.2) is 52.9 Å². The third kappa shape index (κ3) is 5.40. The number of likely N-dealkylation sites (tertiary alicyclic amines) is 1. The maximum atomic E-state index is 12.5. The maximum absolute atomic E-state index is 12.5. The molecule has 1 unspecified atom stereocenters.